The summed E-state index contributed by atoms with van der Waals surface area (Å²) < 4.78 is 23.1. The number of carbonyl (C=O) groups is 1. The van der Waals surface area contributed by atoms with Gasteiger partial charge in [0.1, 0.15) is 0 Å². The van der Waals surface area contributed by atoms with E-state index in [1.54, 1.807) is 7.05 Å². The Balaban J connectivity index is 1.52. The van der Waals surface area contributed by atoms with Crippen LogP contribution in [0.1, 0.15) is 24.8 Å². The smallest absolute Gasteiger partial charge is 0.321 e. The molecule has 2 saturated heterocycles. The Morgan fingerprint density at radius 3 is 2.74 bits per heavy atom. The maximum Gasteiger partial charge on any atom is 0.321 e. The number of likely N-dealkylation sites (tertiary alicyclic amines) is 1. The lowest BCUT2D eigenvalue weighted by molar-refractivity contribution is 0.222. The van der Waals surface area contributed by atoms with E-state index < -0.39 is 9.84 Å². The van der Waals surface area contributed by atoms with Crippen LogP contribution < -0.4 is 16.0 Å². The Kier molecular flexibility index (Phi) is 6.20. The van der Waals surface area contributed by atoms with Crippen molar-refractivity contribution in [2.45, 2.75) is 31.8 Å². The first-order valence-corrected chi connectivity index (χ1v) is 11.1. The van der Waals surface area contributed by atoms with Gasteiger partial charge in [0.05, 0.1) is 11.5 Å². The van der Waals surface area contributed by atoms with Gasteiger partial charge in [-0.05, 0) is 37.0 Å². The van der Waals surface area contributed by atoms with Crippen LogP contribution in [-0.4, -0.2) is 63.0 Å². The minimum atomic E-state index is -2.93. The molecule has 2 aliphatic heterocycles. The summed E-state index contributed by atoms with van der Waals surface area (Å²) in [4.78, 5) is 18.2. The zero-order valence-corrected chi connectivity index (χ0v) is 16.4. The quantitative estimate of drug-likeness (QED) is 0.526. The Hall–Kier alpha value is -2.29. The van der Waals surface area contributed by atoms with Crippen LogP contribution in [-0.2, 0) is 16.4 Å². The van der Waals surface area contributed by atoms with E-state index in [1.165, 1.54) is 0 Å². The van der Waals surface area contributed by atoms with Crippen molar-refractivity contribution in [3.05, 3.63) is 29.8 Å². The molecule has 3 N–H and O–H groups in total. The van der Waals surface area contributed by atoms with E-state index in [0.717, 1.165) is 37.2 Å². The van der Waals surface area contributed by atoms with Gasteiger partial charge in [-0.1, -0.05) is 12.1 Å². The average molecular weight is 394 g/mol. The van der Waals surface area contributed by atoms with Gasteiger partial charge < -0.3 is 20.9 Å². The first-order valence-electron chi connectivity index (χ1n) is 9.28. The number of hydrogen-bond acceptors (Lipinski definition) is 4. The van der Waals surface area contributed by atoms with Crippen molar-refractivity contribution in [2.75, 3.05) is 37.0 Å². The van der Waals surface area contributed by atoms with Crippen LogP contribution in [0, 0.1) is 0 Å². The van der Waals surface area contributed by atoms with E-state index >= 15 is 0 Å². The van der Waals surface area contributed by atoms with Crippen LogP contribution in [0.4, 0.5) is 10.5 Å². The third-order valence-electron chi connectivity index (χ3n) is 4.83. The molecule has 0 aliphatic carbocycles. The second-order valence-electron chi connectivity index (χ2n) is 6.99. The molecule has 0 spiro atoms. The molecule has 148 valence electrons. The fourth-order valence-electron chi connectivity index (χ4n) is 3.36. The Labute approximate surface area is 160 Å². The van der Waals surface area contributed by atoms with Crippen molar-refractivity contribution in [3.63, 3.8) is 0 Å². The lowest BCUT2D eigenvalue weighted by Crippen LogP contribution is -2.43. The molecule has 0 radical (unpaired) electrons. The topological polar surface area (TPSA) is 103 Å². The van der Waals surface area contributed by atoms with Gasteiger partial charge in [0.25, 0.3) is 0 Å². The molecule has 1 atom stereocenters. The molecule has 0 aromatic heterocycles. The van der Waals surface area contributed by atoms with E-state index in [4.69, 9.17) is 0 Å². The summed E-state index contributed by atoms with van der Waals surface area (Å²) in [6.45, 7) is 2.14. The minimum Gasteiger partial charge on any atom is -0.353 e. The fraction of sp³-hybridized carbons (Fsp3) is 0.556. The van der Waals surface area contributed by atoms with Crippen LogP contribution in [0.2, 0.25) is 0 Å². The number of aliphatic imine (C=N–C) groups is 1. The summed E-state index contributed by atoms with van der Waals surface area (Å²) in [5, 5.41) is 9.30. The molecule has 2 aliphatic rings. The first-order chi connectivity index (χ1) is 12.9. The summed E-state index contributed by atoms with van der Waals surface area (Å²) >= 11 is 0. The number of anilines is 1. The van der Waals surface area contributed by atoms with E-state index in [-0.39, 0.29) is 23.6 Å². The number of nitrogens with one attached hydrogen (secondary N) is 3. The standard InChI is InChI=1S/C18H27N5O3S/c1-19-17(21-16-7-10-27(25,26)13-16)20-12-14-5-4-6-15(11-14)22-18(24)23-8-2-3-9-23/h4-6,11,16H,2-3,7-10,12-13H2,1H3,(H,22,24)(H2,19,20,21). The maximum absolute atomic E-state index is 12.2. The number of amides is 2. The van der Waals surface area contributed by atoms with Gasteiger partial charge in [-0.2, -0.15) is 0 Å². The second kappa shape index (κ2) is 8.60. The number of sulfone groups is 1. The van der Waals surface area contributed by atoms with Gasteiger partial charge in [0.15, 0.2) is 15.8 Å². The van der Waals surface area contributed by atoms with Gasteiger partial charge in [0, 0.05) is 38.4 Å². The van der Waals surface area contributed by atoms with Crippen LogP contribution in [0.15, 0.2) is 29.3 Å². The normalized spacial score (nSPS) is 21.9. The molecule has 1 unspecified atom stereocenters. The number of rotatable bonds is 4. The van der Waals surface area contributed by atoms with Crippen molar-refractivity contribution in [1.82, 2.24) is 15.5 Å². The van der Waals surface area contributed by atoms with E-state index in [9.17, 15) is 13.2 Å². The maximum atomic E-state index is 12.2. The third kappa shape index (κ3) is 5.59. The molecular formula is C18H27N5O3S. The lowest BCUT2D eigenvalue weighted by Gasteiger charge is -2.17. The lowest BCUT2D eigenvalue weighted by atomic mass is 10.2. The molecule has 1 aromatic carbocycles. The summed E-state index contributed by atoms with van der Waals surface area (Å²) in [6, 6.07) is 7.49. The predicted octanol–water partition coefficient (Wildman–Crippen LogP) is 1.17. The van der Waals surface area contributed by atoms with Crippen molar-refractivity contribution in [3.8, 4) is 0 Å². The van der Waals surface area contributed by atoms with Crippen LogP contribution in [0.5, 0.6) is 0 Å². The zero-order chi connectivity index (χ0) is 19.3. The van der Waals surface area contributed by atoms with Gasteiger partial charge in [-0.25, -0.2) is 13.2 Å². The highest BCUT2D eigenvalue weighted by Gasteiger charge is 2.28. The van der Waals surface area contributed by atoms with Gasteiger partial charge in [-0.15, -0.1) is 0 Å². The summed E-state index contributed by atoms with van der Waals surface area (Å²) in [6.07, 6.45) is 2.72. The van der Waals surface area contributed by atoms with Gasteiger partial charge >= 0.3 is 6.03 Å². The summed E-state index contributed by atoms with van der Waals surface area (Å²) in [5.74, 6) is 0.940. The predicted molar refractivity (Wildman–Crippen MR) is 107 cm³/mol. The SMILES string of the molecule is CN=C(NCc1cccc(NC(=O)N2CCCC2)c1)NC1CCS(=O)(=O)C1. The monoisotopic (exact) mass is 393 g/mol. The Morgan fingerprint density at radius 2 is 2.07 bits per heavy atom. The third-order valence-corrected chi connectivity index (χ3v) is 6.60. The molecule has 3 rings (SSSR count). The molecule has 8 nitrogen and oxygen atoms in total. The highest BCUT2D eigenvalue weighted by atomic mass is 32.2. The minimum absolute atomic E-state index is 0.0578. The molecule has 0 bridgehead atoms. The number of benzene rings is 1. The summed E-state index contributed by atoms with van der Waals surface area (Å²) in [7, 11) is -1.27. The van der Waals surface area contributed by atoms with E-state index in [0.29, 0.717) is 18.9 Å². The van der Waals surface area contributed by atoms with Crippen molar-refractivity contribution >= 4 is 27.5 Å². The largest absolute Gasteiger partial charge is 0.353 e. The molecular weight excluding hydrogens is 366 g/mol. The molecule has 2 fully saturated rings. The average Bonchev–Trinajstić information content (AvgIpc) is 3.28. The zero-order valence-electron chi connectivity index (χ0n) is 15.6. The molecule has 0 saturated carbocycles. The first kappa shape index (κ1) is 19.5. The van der Waals surface area contributed by atoms with Crippen molar-refractivity contribution < 1.29 is 13.2 Å². The molecule has 9 heteroatoms. The number of carbonyl (C=O) groups excluding carboxylic acids is 1. The van der Waals surface area contributed by atoms with Crippen LogP contribution in [0.3, 0.4) is 0 Å². The van der Waals surface area contributed by atoms with Gasteiger partial charge in [-0.3, -0.25) is 4.99 Å². The Morgan fingerprint density at radius 1 is 1.30 bits per heavy atom. The number of urea groups is 1. The highest BCUT2D eigenvalue weighted by molar-refractivity contribution is 7.91. The van der Waals surface area contributed by atoms with Crippen LogP contribution >= 0.6 is 0 Å². The van der Waals surface area contributed by atoms with Crippen molar-refractivity contribution in [1.29, 1.82) is 0 Å². The molecule has 2 heterocycles. The summed E-state index contributed by atoms with van der Waals surface area (Å²) in [5.41, 5.74) is 1.76. The van der Waals surface area contributed by atoms with Crippen LogP contribution in [0.25, 0.3) is 0 Å². The number of nitrogens with zero attached hydrogens (tertiary/aromatic N) is 2. The van der Waals surface area contributed by atoms with E-state index in [2.05, 4.69) is 20.9 Å². The number of guanidine groups is 1. The van der Waals surface area contributed by atoms with Crippen molar-refractivity contribution in [2.24, 2.45) is 4.99 Å². The van der Waals surface area contributed by atoms with Gasteiger partial charge in [0.2, 0.25) is 0 Å². The van der Waals surface area contributed by atoms with E-state index in [1.807, 2.05) is 29.2 Å². The second-order valence-corrected chi connectivity index (χ2v) is 9.22. The molecule has 2 amide bonds. The fourth-order valence-corrected chi connectivity index (χ4v) is 5.04. The highest BCUT2D eigenvalue weighted by Crippen LogP contribution is 2.14. The molecule has 1 aromatic rings. The molecule has 27 heavy (non-hydrogen) atoms. The number of hydrogen-bond donors (Lipinski definition) is 3. The Bertz CT molecular complexity index is 803.